The minimum Gasteiger partial charge on any atom is -0.489 e. The van der Waals surface area contributed by atoms with Gasteiger partial charge in [-0.25, -0.2) is 0 Å². The first-order chi connectivity index (χ1) is 8.44. The van der Waals surface area contributed by atoms with Crippen molar-refractivity contribution in [3.05, 3.63) is 28.3 Å². The standard InChI is InChI=1S/C7H7N3O7S/c1-15-7-5(3-2-4-6(7)10(11)12)9-8-16-18(13,14)17-9/h2-4,8H,1H3. The van der Waals surface area contributed by atoms with E-state index in [2.05, 4.69) is 8.57 Å². The second-order valence-corrected chi connectivity index (χ2v) is 4.17. The van der Waals surface area contributed by atoms with Crippen LogP contribution in [0.1, 0.15) is 0 Å². The molecule has 1 aliphatic rings. The highest BCUT2D eigenvalue weighted by Gasteiger charge is 2.33. The fourth-order valence-corrected chi connectivity index (χ4v) is 1.80. The van der Waals surface area contributed by atoms with E-state index in [1.54, 1.807) is 0 Å². The van der Waals surface area contributed by atoms with Gasteiger partial charge in [0.1, 0.15) is 5.69 Å². The lowest BCUT2D eigenvalue weighted by molar-refractivity contribution is -0.385. The van der Waals surface area contributed by atoms with Crippen LogP contribution in [0.4, 0.5) is 11.4 Å². The molecule has 0 bridgehead atoms. The number of methoxy groups -OCH3 is 1. The van der Waals surface area contributed by atoms with Crippen molar-refractivity contribution >= 4 is 21.8 Å². The van der Waals surface area contributed by atoms with Gasteiger partial charge in [-0.05, 0) is 6.07 Å². The van der Waals surface area contributed by atoms with Crippen molar-refractivity contribution in [1.29, 1.82) is 0 Å². The fraction of sp³-hybridized carbons (Fsp3) is 0.143. The van der Waals surface area contributed by atoms with E-state index in [0.29, 0.717) is 5.17 Å². The number of ether oxygens (including phenoxy) is 1. The predicted octanol–water partition coefficient (Wildman–Crippen LogP) is 0.0360. The summed E-state index contributed by atoms with van der Waals surface area (Å²) in [5.74, 6) is -0.171. The number of para-hydroxylation sites is 1. The maximum absolute atomic E-state index is 10.9. The largest absolute Gasteiger partial charge is 0.489 e. The molecule has 18 heavy (non-hydrogen) atoms. The smallest absolute Gasteiger partial charge is 0.440 e. The number of nitro groups is 1. The summed E-state index contributed by atoms with van der Waals surface area (Å²) < 4.78 is 35.2. The van der Waals surface area contributed by atoms with Gasteiger partial charge >= 0.3 is 16.1 Å². The van der Waals surface area contributed by atoms with Crippen molar-refractivity contribution in [1.82, 2.24) is 5.59 Å². The summed E-state index contributed by atoms with van der Waals surface area (Å²) in [6.07, 6.45) is 0. The zero-order valence-electron chi connectivity index (χ0n) is 8.89. The van der Waals surface area contributed by atoms with E-state index in [1.807, 2.05) is 5.59 Å². The van der Waals surface area contributed by atoms with Gasteiger partial charge in [-0.15, -0.1) is 13.7 Å². The van der Waals surface area contributed by atoms with Gasteiger partial charge < -0.3 is 4.74 Å². The summed E-state index contributed by atoms with van der Waals surface area (Å²) in [4.78, 5) is 10.1. The molecule has 0 aromatic heterocycles. The molecule has 1 N–H and O–H groups in total. The number of hydrogen-bond donors (Lipinski definition) is 1. The first-order valence-corrected chi connectivity index (χ1v) is 5.78. The van der Waals surface area contributed by atoms with Crippen molar-refractivity contribution < 1.29 is 26.6 Å². The highest BCUT2D eigenvalue weighted by molar-refractivity contribution is 7.82. The maximum atomic E-state index is 10.9. The first-order valence-electron chi connectivity index (χ1n) is 4.45. The molecule has 0 radical (unpaired) electrons. The molecule has 2 rings (SSSR count). The van der Waals surface area contributed by atoms with Gasteiger partial charge in [-0.2, -0.15) is 8.42 Å². The predicted molar refractivity (Wildman–Crippen MR) is 56.4 cm³/mol. The number of benzene rings is 1. The molecule has 1 aliphatic heterocycles. The van der Waals surface area contributed by atoms with Crippen LogP contribution >= 0.6 is 0 Å². The topological polar surface area (TPSA) is 120 Å². The van der Waals surface area contributed by atoms with Crippen LogP contribution in [-0.2, 0) is 19.0 Å². The van der Waals surface area contributed by atoms with E-state index < -0.39 is 15.3 Å². The van der Waals surface area contributed by atoms with Crippen molar-refractivity contribution in [2.75, 3.05) is 12.3 Å². The second kappa shape index (κ2) is 4.38. The zero-order valence-corrected chi connectivity index (χ0v) is 9.71. The molecule has 11 heteroatoms. The van der Waals surface area contributed by atoms with Gasteiger partial charge in [-0.1, -0.05) is 11.7 Å². The Balaban J connectivity index is 2.46. The minimum absolute atomic E-state index is 0.0206. The van der Waals surface area contributed by atoms with E-state index in [0.717, 1.165) is 0 Å². The quantitative estimate of drug-likeness (QED) is 0.602. The van der Waals surface area contributed by atoms with Crippen LogP contribution in [0.25, 0.3) is 0 Å². The highest BCUT2D eigenvalue weighted by atomic mass is 32.3. The summed E-state index contributed by atoms with van der Waals surface area (Å²) in [7, 11) is -3.01. The van der Waals surface area contributed by atoms with Crippen LogP contribution in [0.3, 0.4) is 0 Å². The Kier molecular flexibility index (Phi) is 3.04. The van der Waals surface area contributed by atoms with E-state index in [9.17, 15) is 18.5 Å². The lowest BCUT2D eigenvalue weighted by Crippen LogP contribution is -2.28. The Bertz CT molecular complexity index is 587. The molecule has 98 valence electrons. The molecular weight excluding hydrogens is 270 g/mol. The average molecular weight is 277 g/mol. The molecule has 1 saturated heterocycles. The molecule has 0 spiro atoms. The molecule has 0 atom stereocenters. The van der Waals surface area contributed by atoms with Gasteiger partial charge in [0.25, 0.3) is 0 Å². The summed E-state index contributed by atoms with van der Waals surface area (Å²) >= 11 is 0. The molecule has 0 saturated carbocycles. The summed E-state index contributed by atoms with van der Waals surface area (Å²) in [5, 5.41) is 11.4. The molecule has 0 unspecified atom stereocenters. The number of anilines is 1. The van der Waals surface area contributed by atoms with Crippen molar-refractivity contribution in [3.8, 4) is 5.75 Å². The number of rotatable bonds is 3. The zero-order chi connectivity index (χ0) is 13.3. The van der Waals surface area contributed by atoms with Crippen LogP contribution in [0.15, 0.2) is 18.2 Å². The minimum atomic E-state index is -4.21. The Morgan fingerprint density at radius 3 is 2.72 bits per heavy atom. The maximum Gasteiger partial charge on any atom is 0.440 e. The number of nitrogens with zero attached hydrogens (tertiary/aromatic N) is 2. The molecule has 1 fully saturated rings. The lowest BCUT2D eigenvalue weighted by Gasteiger charge is -2.14. The van der Waals surface area contributed by atoms with Crippen molar-refractivity contribution in [2.45, 2.75) is 0 Å². The fourth-order valence-electron chi connectivity index (χ4n) is 1.32. The Labute approximate surface area is 101 Å². The van der Waals surface area contributed by atoms with E-state index in [-0.39, 0.29) is 17.1 Å². The average Bonchev–Trinajstić information content (AvgIpc) is 2.68. The molecule has 10 nitrogen and oxygen atoms in total. The van der Waals surface area contributed by atoms with Crippen LogP contribution in [0.2, 0.25) is 0 Å². The van der Waals surface area contributed by atoms with Gasteiger partial charge in [0.2, 0.25) is 5.75 Å². The van der Waals surface area contributed by atoms with Crippen LogP contribution in [-0.4, -0.2) is 20.5 Å². The third kappa shape index (κ3) is 2.19. The number of nitro benzene ring substituents is 1. The SMILES string of the molecule is COc1c(N2NOS(=O)(=O)O2)cccc1[N+](=O)[O-]. The summed E-state index contributed by atoms with van der Waals surface area (Å²) in [5.41, 5.74) is 1.56. The number of nitrogens with one attached hydrogen (secondary N) is 1. The summed E-state index contributed by atoms with van der Waals surface area (Å²) in [6, 6.07) is 3.89. The molecule has 0 amide bonds. The third-order valence-electron chi connectivity index (χ3n) is 1.98. The second-order valence-electron chi connectivity index (χ2n) is 3.04. The first kappa shape index (κ1) is 12.5. The molecule has 0 aliphatic carbocycles. The van der Waals surface area contributed by atoms with Gasteiger partial charge in [-0.3, -0.25) is 10.1 Å². The van der Waals surface area contributed by atoms with Crippen molar-refractivity contribution in [3.63, 3.8) is 0 Å². The Hall–Kier alpha value is -1.95. The highest BCUT2D eigenvalue weighted by Crippen LogP contribution is 2.37. The third-order valence-corrected chi connectivity index (χ3v) is 2.59. The van der Waals surface area contributed by atoms with Gasteiger partial charge in [0.15, 0.2) is 0 Å². The van der Waals surface area contributed by atoms with E-state index in [4.69, 9.17) is 4.74 Å². The van der Waals surface area contributed by atoms with Gasteiger partial charge in [0, 0.05) is 6.07 Å². The van der Waals surface area contributed by atoms with Gasteiger partial charge in [0.05, 0.1) is 12.0 Å². The number of hydrogen-bond acceptors (Lipinski definition) is 9. The Morgan fingerprint density at radius 2 is 2.22 bits per heavy atom. The normalized spacial score (nSPS) is 17.7. The van der Waals surface area contributed by atoms with E-state index >= 15 is 0 Å². The Morgan fingerprint density at radius 1 is 1.50 bits per heavy atom. The van der Waals surface area contributed by atoms with Crippen LogP contribution in [0.5, 0.6) is 5.75 Å². The monoisotopic (exact) mass is 277 g/mol. The molecule has 1 aromatic rings. The molecule has 1 aromatic carbocycles. The summed E-state index contributed by atoms with van der Waals surface area (Å²) in [6.45, 7) is 0. The molecular formula is C7H7N3O7S. The van der Waals surface area contributed by atoms with Crippen LogP contribution in [0, 0.1) is 10.1 Å². The van der Waals surface area contributed by atoms with Crippen molar-refractivity contribution in [2.24, 2.45) is 0 Å². The van der Waals surface area contributed by atoms with E-state index in [1.165, 1.54) is 25.3 Å². The lowest BCUT2D eigenvalue weighted by atomic mass is 10.2. The number of hydrazine groups is 1. The molecule has 1 heterocycles. The van der Waals surface area contributed by atoms with Crippen LogP contribution < -0.4 is 15.5 Å².